The molecule has 0 radical (unpaired) electrons. The fourth-order valence-electron chi connectivity index (χ4n) is 3.93. The van der Waals surface area contributed by atoms with Crippen LogP contribution in [0.25, 0.3) is 0 Å². The Labute approximate surface area is 103 Å². The van der Waals surface area contributed by atoms with Crippen molar-refractivity contribution in [2.24, 2.45) is 17.3 Å². The summed E-state index contributed by atoms with van der Waals surface area (Å²) >= 11 is 0. The predicted molar refractivity (Wildman–Crippen MR) is 66.7 cm³/mol. The van der Waals surface area contributed by atoms with Gasteiger partial charge in [-0.2, -0.15) is 0 Å². The minimum Gasteiger partial charge on any atom is -0.396 e. The molecule has 2 N–H and O–H groups in total. The summed E-state index contributed by atoms with van der Waals surface area (Å²) in [5, 5.41) is 12.9. The molecule has 2 aliphatic carbocycles. The summed E-state index contributed by atoms with van der Waals surface area (Å²) in [5.74, 6) is 1.05. The molecule has 17 heavy (non-hydrogen) atoms. The molecule has 0 spiro atoms. The van der Waals surface area contributed by atoms with Crippen molar-refractivity contribution in [2.75, 3.05) is 13.2 Å². The summed E-state index contributed by atoms with van der Waals surface area (Å²) in [4.78, 5) is 0. The van der Waals surface area contributed by atoms with E-state index in [0.717, 1.165) is 13.0 Å². The average Bonchev–Trinajstić information content (AvgIpc) is 2.93. The minimum absolute atomic E-state index is 0.256. The van der Waals surface area contributed by atoms with Gasteiger partial charge in [-0.25, -0.2) is 0 Å². The number of nitrogens with one attached hydrogen (secondary N) is 1. The Morgan fingerprint density at radius 3 is 2.94 bits per heavy atom. The van der Waals surface area contributed by atoms with Gasteiger partial charge in [-0.05, 0) is 12.8 Å². The molecule has 0 aromatic carbocycles. The maximum Gasteiger partial charge on any atom is 0.0685 e. The first kappa shape index (κ1) is 11.7. The topological polar surface area (TPSA) is 41.5 Å². The lowest BCUT2D eigenvalue weighted by Crippen LogP contribution is -2.67. The van der Waals surface area contributed by atoms with Gasteiger partial charge in [-0.1, -0.05) is 26.0 Å². The molecule has 1 saturated heterocycles. The van der Waals surface area contributed by atoms with Crippen LogP contribution in [0, 0.1) is 17.3 Å². The molecule has 0 unspecified atom stereocenters. The first-order valence-electron chi connectivity index (χ1n) is 6.79. The Balaban J connectivity index is 1.61. The molecular formula is C14H23NO2. The van der Waals surface area contributed by atoms with Crippen molar-refractivity contribution in [1.29, 1.82) is 0 Å². The fraction of sp³-hybridized carbons (Fsp3) is 0.857. The summed E-state index contributed by atoms with van der Waals surface area (Å²) in [6.07, 6.45) is 7.07. The number of aliphatic hydroxyl groups is 1. The maximum absolute atomic E-state index is 9.14. The number of rotatable bonds is 3. The van der Waals surface area contributed by atoms with Crippen LogP contribution in [0.1, 0.15) is 26.7 Å². The van der Waals surface area contributed by atoms with Gasteiger partial charge in [0.1, 0.15) is 0 Å². The quantitative estimate of drug-likeness (QED) is 0.728. The second-order valence-corrected chi connectivity index (χ2v) is 6.38. The lowest BCUT2D eigenvalue weighted by atomic mass is 9.57. The summed E-state index contributed by atoms with van der Waals surface area (Å²) < 4.78 is 5.81. The maximum atomic E-state index is 9.14. The average molecular weight is 237 g/mol. The Morgan fingerprint density at radius 1 is 1.41 bits per heavy atom. The number of aliphatic hydroxyl groups excluding tert-OH is 1. The highest BCUT2D eigenvalue weighted by atomic mass is 16.5. The highest BCUT2D eigenvalue weighted by Crippen LogP contribution is 2.52. The Hall–Kier alpha value is -0.380. The van der Waals surface area contributed by atoms with E-state index in [4.69, 9.17) is 9.84 Å². The number of hydrogen-bond donors (Lipinski definition) is 2. The number of ether oxygens (including phenoxy) is 1. The zero-order valence-corrected chi connectivity index (χ0v) is 10.7. The number of fused-ring (bicyclic) bond motifs is 1. The van der Waals surface area contributed by atoms with Crippen molar-refractivity contribution in [3.05, 3.63) is 12.2 Å². The van der Waals surface area contributed by atoms with Crippen molar-refractivity contribution in [2.45, 2.75) is 44.9 Å². The van der Waals surface area contributed by atoms with E-state index < -0.39 is 0 Å². The van der Waals surface area contributed by atoms with E-state index in [-0.39, 0.29) is 12.0 Å². The zero-order valence-electron chi connectivity index (χ0n) is 10.7. The lowest BCUT2D eigenvalue weighted by molar-refractivity contribution is -0.114. The summed E-state index contributed by atoms with van der Waals surface area (Å²) in [6, 6.07) is 1.01. The molecule has 0 bridgehead atoms. The molecule has 3 heteroatoms. The third-order valence-corrected chi connectivity index (χ3v) is 4.90. The van der Waals surface area contributed by atoms with Crippen LogP contribution in [0.5, 0.6) is 0 Å². The van der Waals surface area contributed by atoms with Crippen LogP contribution in [-0.2, 0) is 4.74 Å². The van der Waals surface area contributed by atoms with Gasteiger partial charge in [0.2, 0.25) is 0 Å². The van der Waals surface area contributed by atoms with Gasteiger partial charge in [0.05, 0.1) is 6.10 Å². The molecule has 0 aromatic heterocycles. The first-order chi connectivity index (χ1) is 8.13. The highest BCUT2D eigenvalue weighted by Gasteiger charge is 2.59. The molecule has 1 heterocycles. The molecular weight excluding hydrogens is 214 g/mol. The van der Waals surface area contributed by atoms with E-state index in [1.165, 1.54) is 6.42 Å². The summed E-state index contributed by atoms with van der Waals surface area (Å²) in [5.41, 5.74) is 0.256. The third kappa shape index (κ3) is 1.76. The normalized spacial score (nSPS) is 46.9. The van der Waals surface area contributed by atoms with E-state index in [2.05, 4.69) is 31.3 Å². The SMILES string of the molecule is CC1(C)[C@H](N[C@@H]2C=C[C@H](CO)C2)[C@H]2CCO[C@H]21. The Bertz CT molecular complexity index is 326. The van der Waals surface area contributed by atoms with Gasteiger partial charge in [0, 0.05) is 42.5 Å². The van der Waals surface area contributed by atoms with Crippen molar-refractivity contribution >= 4 is 0 Å². The van der Waals surface area contributed by atoms with Crippen molar-refractivity contribution in [1.82, 2.24) is 5.32 Å². The van der Waals surface area contributed by atoms with E-state index in [0.29, 0.717) is 30.0 Å². The highest BCUT2D eigenvalue weighted by molar-refractivity contribution is 5.15. The van der Waals surface area contributed by atoms with Gasteiger partial charge in [-0.15, -0.1) is 0 Å². The molecule has 2 fully saturated rings. The molecule has 5 atom stereocenters. The Morgan fingerprint density at radius 2 is 2.24 bits per heavy atom. The second-order valence-electron chi connectivity index (χ2n) is 6.38. The molecule has 1 saturated carbocycles. The lowest BCUT2D eigenvalue weighted by Gasteiger charge is -2.55. The standard InChI is InChI=1S/C14H23NO2/c1-14(2)12(11-5-6-17-13(11)14)15-10-4-3-9(7-10)8-16/h3-4,9-13,15-16H,5-8H2,1-2H3/t9-,10+,11+,12+,13+/m0/s1. The molecule has 3 aliphatic rings. The second kappa shape index (κ2) is 4.08. The fourth-order valence-corrected chi connectivity index (χ4v) is 3.93. The molecule has 0 aromatic rings. The van der Waals surface area contributed by atoms with Gasteiger partial charge in [0.25, 0.3) is 0 Å². The van der Waals surface area contributed by atoms with Crippen LogP contribution in [0.3, 0.4) is 0 Å². The van der Waals surface area contributed by atoms with Gasteiger partial charge in [0.15, 0.2) is 0 Å². The van der Waals surface area contributed by atoms with Crippen molar-refractivity contribution in [3.63, 3.8) is 0 Å². The van der Waals surface area contributed by atoms with E-state index >= 15 is 0 Å². The van der Waals surface area contributed by atoms with Crippen LogP contribution in [0.4, 0.5) is 0 Å². The smallest absolute Gasteiger partial charge is 0.0685 e. The largest absolute Gasteiger partial charge is 0.396 e. The molecule has 3 nitrogen and oxygen atoms in total. The molecule has 0 amide bonds. The van der Waals surface area contributed by atoms with E-state index in [9.17, 15) is 0 Å². The van der Waals surface area contributed by atoms with E-state index in [1.54, 1.807) is 0 Å². The molecule has 3 rings (SSSR count). The van der Waals surface area contributed by atoms with E-state index in [1.807, 2.05) is 0 Å². The minimum atomic E-state index is 0.256. The summed E-state index contributed by atoms with van der Waals surface area (Å²) in [7, 11) is 0. The van der Waals surface area contributed by atoms with Crippen LogP contribution in [-0.4, -0.2) is 36.5 Å². The van der Waals surface area contributed by atoms with Gasteiger partial charge in [-0.3, -0.25) is 0 Å². The van der Waals surface area contributed by atoms with Gasteiger partial charge >= 0.3 is 0 Å². The summed E-state index contributed by atoms with van der Waals surface area (Å²) in [6.45, 7) is 5.81. The third-order valence-electron chi connectivity index (χ3n) is 4.90. The monoisotopic (exact) mass is 237 g/mol. The predicted octanol–water partition coefficient (Wildman–Crippen LogP) is 1.33. The first-order valence-corrected chi connectivity index (χ1v) is 6.79. The van der Waals surface area contributed by atoms with Gasteiger partial charge < -0.3 is 15.2 Å². The number of hydrogen-bond acceptors (Lipinski definition) is 3. The molecule has 96 valence electrons. The van der Waals surface area contributed by atoms with Crippen molar-refractivity contribution < 1.29 is 9.84 Å². The Kier molecular flexibility index (Phi) is 2.80. The van der Waals surface area contributed by atoms with Crippen LogP contribution >= 0.6 is 0 Å². The molecule has 1 aliphatic heterocycles. The van der Waals surface area contributed by atoms with Crippen LogP contribution in [0.15, 0.2) is 12.2 Å². The van der Waals surface area contributed by atoms with Crippen LogP contribution < -0.4 is 5.32 Å². The van der Waals surface area contributed by atoms with Crippen molar-refractivity contribution in [3.8, 4) is 0 Å². The van der Waals surface area contributed by atoms with Crippen LogP contribution in [0.2, 0.25) is 0 Å². The zero-order chi connectivity index (χ0) is 12.0.